The number of rotatable bonds is 1. The van der Waals surface area contributed by atoms with E-state index in [9.17, 15) is 0 Å². The van der Waals surface area contributed by atoms with E-state index >= 15 is 0 Å². The summed E-state index contributed by atoms with van der Waals surface area (Å²) in [5, 5.41) is 3.23. The molecule has 1 N–H and O–H groups in total. The van der Waals surface area contributed by atoms with Gasteiger partial charge in [0.1, 0.15) is 6.10 Å². The number of morpholine rings is 1. The lowest BCUT2D eigenvalue weighted by molar-refractivity contribution is 0.0250. The van der Waals surface area contributed by atoms with Gasteiger partial charge in [0.25, 0.3) is 0 Å². The summed E-state index contributed by atoms with van der Waals surface area (Å²) >= 11 is 0. The first kappa shape index (κ1) is 6.57. The lowest BCUT2D eigenvalue weighted by atomic mass is 10.2. The number of ether oxygens (including phenoxy) is 1. The van der Waals surface area contributed by atoms with E-state index in [1.165, 1.54) is 0 Å². The molecule has 1 aromatic rings. The largest absolute Gasteiger partial charge is 0.369 e. The van der Waals surface area contributed by atoms with Gasteiger partial charge in [0, 0.05) is 19.3 Å². The lowest BCUT2D eigenvalue weighted by Crippen LogP contribution is -2.33. The van der Waals surface area contributed by atoms with Gasteiger partial charge in [-0.05, 0) is 12.1 Å². The zero-order valence-electron chi connectivity index (χ0n) is 7.79. The summed E-state index contributed by atoms with van der Waals surface area (Å²) in [5.74, 6) is 0. The molecular formula is C9H12N2O. The Morgan fingerprint density at radius 2 is 2.75 bits per heavy atom. The van der Waals surface area contributed by atoms with E-state index in [0.29, 0.717) is 12.6 Å². The Kier molecular flexibility index (Phi) is 2.00. The first-order valence-electron chi connectivity index (χ1n) is 4.61. The highest BCUT2D eigenvalue weighted by Gasteiger charge is 2.15. The van der Waals surface area contributed by atoms with Crippen LogP contribution in [0.4, 0.5) is 0 Å². The van der Waals surface area contributed by atoms with E-state index in [0.717, 1.165) is 18.8 Å². The summed E-state index contributed by atoms with van der Waals surface area (Å²) in [4.78, 5) is 4.18. The average Bonchev–Trinajstić information content (AvgIpc) is 2.19. The van der Waals surface area contributed by atoms with Crippen LogP contribution in [0.25, 0.3) is 0 Å². The second-order valence-corrected chi connectivity index (χ2v) is 2.74. The van der Waals surface area contributed by atoms with Crippen LogP contribution >= 0.6 is 0 Å². The fourth-order valence-corrected chi connectivity index (χ4v) is 1.27. The van der Waals surface area contributed by atoms with Crippen molar-refractivity contribution in [2.24, 2.45) is 0 Å². The molecule has 1 fully saturated rings. The van der Waals surface area contributed by atoms with Gasteiger partial charge in [-0.15, -0.1) is 0 Å². The maximum atomic E-state index is 7.44. The molecule has 64 valence electrons. The van der Waals surface area contributed by atoms with E-state index in [1.807, 2.05) is 0 Å². The van der Waals surface area contributed by atoms with E-state index < -0.39 is 0 Å². The van der Waals surface area contributed by atoms with E-state index in [1.54, 1.807) is 18.3 Å². The molecule has 2 heterocycles. The highest BCUT2D eigenvalue weighted by molar-refractivity contribution is 5.07. The van der Waals surface area contributed by atoms with Gasteiger partial charge in [0.15, 0.2) is 0 Å². The van der Waals surface area contributed by atoms with Gasteiger partial charge in [-0.1, -0.05) is 6.04 Å². The minimum atomic E-state index is 0.0130. The van der Waals surface area contributed by atoms with Crippen molar-refractivity contribution in [2.75, 3.05) is 19.7 Å². The quantitative estimate of drug-likeness (QED) is 0.666. The number of nitrogens with one attached hydrogen (secondary N) is 1. The Morgan fingerprint density at radius 3 is 3.50 bits per heavy atom. The number of aromatic nitrogens is 1. The first-order valence-corrected chi connectivity index (χ1v) is 4.11. The minimum Gasteiger partial charge on any atom is -0.369 e. The Balaban J connectivity index is 2.14. The van der Waals surface area contributed by atoms with Gasteiger partial charge >= 0.3 is 0 Å². The third-order valence-electron chi connectivity index (χ3n) is 1.88. The van der Waals surface area contributed by atoms with Crippen LogP contribution in [0.1, 0.15) is 13.2 Å². The molecule has 0 saturated carbocycles. The summed E-state index contributed by atoms with van der Waals surface area (Å²) in [5.41, 5.74) is 0.847. The Bertz CT molecular complexity index is 287. The van der Waals surface area contributed by atoms with Crippen LogP contribution in [0.5, 0.6) is 0 Å². The second-order valence-electron chi connectivity index (χ2n) is 2.74. The van der Waals surface area contributed by atoms with Crippen molar-refractivity contribution >= 4 is 0 Å². The van der Waals surface area contributed by atoms with Crippen LogP contribution in [0, 0.1) is 0 Å². The number of hydrogen-bond donors (Lipinski definition) is 1. The Hall–Kier alpha value is -0.930. The average molecular weight is 165 g/mol. The van der Waals surface area contributed by atoms with Crippen molar-refractivity contribution < 1.29 is 6.11 Å². The number of pyridine rings is 1. The maximum absolute atomic E-state index is 7.44. The summed E-state index contributed by atoms with van der Waals surface area (Å²) in [6.45, 7) is 2.40. The summed E-state index contributed by atoms with van der Waals surface area (Å²) in [7, 11) is 0. The van der Waals surface area contributed by atoms with Crippen LogP contribution in [-0.4, -0.2) is 24.7 Å². The molecule has 3 nitrogen and oxygen atoms in total. The van der Waals surface area contributed by atoms with Crippen molar-refractivity contribution in [3.8, 4) is 0 Å². The van der Waals surface area contributed by atoms with Crippen molar-refractivity contribution in [1.29, 1.82) is 0 Å². The molecule has 0 bridgehead atoms. The van der Waals surface area contributed by atoms with Gasteiger partial charge in [0.05, 0.1) is 13.7 Å². The normalized spacial score (nSPS) is 25.0. The van der Waals surface area contributed by atoms with Crippen LogP contribution in [0.15, 0.2) is 24.4 Å². The number of nitrogens with zero attached hydrogens (tertiary/aromatic N) is 1. The first-order chi connectivity index (χ1) is 6.36. The third-order valence-corrected chi connectivity index (χ3v) is 1.88. The Labute approximate surface area is 73.2 Å². The molecule has 2 rings (SSSR count). The summed E-state index contributed by atoms with van der Waals surface area (Å²) < 4.78 is 12.9. The highest BCUT2D eigenvalue weighted by Crippen LogP contribution is 2.14. The van der Waals surface area contributed by atoms with Crippen LogP contribution < -0.4 is 5.32 Å². The molecule has 1 atom stereocenters. The molecular weight excluding hydrogens is 152 g/mol. The Morgan fingerprint density at radius 1 is 1.75 bits per heavy atom. The predicted octanol–water partition coefficient (Wildman–Crippen LogP) is 0.742. The molecule has 1 aliphatic rings. The monoisotopic (exact) mass is 165 g/mol. The van der Waals surface area contributed by atoms with Crippen molar-refractivity contribution in [3.63, 3.8) is 0 Å². The number of hydrogen-bond acceptors (Lipinski definition) is 3. The van der Waals surface area contributed by atoms with Gasteiger partial charge in [-0.3, -0.25) is 4.98 Å². The van der Waals surface area contributed by atoms with Crippen molar-refractivity contribution in [3.05, 3.63) is 30.1 Å². The molecule has 3 heteroatoms. The topological polar surface area (TPSA) is 34.2 Å². The second kappa shape index (κ2) is 3.65. The molecule has 1 unspecified atom stereocenters. The molecule has 1 saturated heterocycles. The van der Waals surface area contributed by atoms with Gasteiger partial charge in [-0.25, -0.2) is 0 Å². The zero-order chi connectivity index (χ0) is 9.10. The van der Waals surface area contributed by atoms with Crippen molar-refractivity contribution in [2.45, 2.75) is 6.10 Å². The molecule has 0 amide bonds. The molecule has 0 aromatic carbocycles. The maximum Gasteiger partial charge on any atom is 0.112 e. The molecule has 0 spiro atoms. The van der Waals surface area contributed by atoms with E-state index in [2.05, 4.69) is 10.3 Å². The molecule has 1 aromatic heterocycles. The summed E-state index contributed by atoms with van der Waals surface area (Å²) in [6, 6.07) is 3.90. The van der Waals surface area contributed by atoms with Crippen LogP contribution in [0.3, 0.4) is 0 Å². The standard InChI is InChI=1S/C9H12N2O/c1-2-4-11-8(3-1)9-7-10-5-6-12-9/h1-4,9-10H,5-7H2/i1D. The van der Waals surface area contributed by atoms with Gasteiger partial charge in [-0.2, -0.15) is 0 Å². The lowest BCUT2D eigenvalue weighted by Gasteiger charge is -2.22. The zero-order valence-corrected chi connectivity index (χ0v) is 6.79. The van der Waals surface area contributed by atoms with Crippen LogP contribution in [0.2, 0.25) is 0 Å². The fraction of sp³-hybridized carbons (Fsp3) is 0.444. The molecule has 0 radical (unpaired) electrons. The van der Waals surface area contributed by atoms with Gasteiger partial charge in [0.2, 0.25) is 0 Å². The smallest absolute Gasteiger partial charge is 0.112 e. The van der Waals surface area contributed by atoms with Crippen LogP contribution in [-0.2, 0) is 4.74 Å². The SMILES string of the molecule is [2H]c1ccnc(C2CNCCO2)c1. The molecule has 0 aliphatic carbocycles. The summed E-state index contributed by atoms with van der Waals surface area (Å²) in [6.07, 6.45) is 1.66. The molecule has 1 aliphatic heterocycles. The molecule has 12 heavy (non-hydrogen) atoms. The fourth-order valence-electron chi connectivity index (χ4n) is 1.27. The third kappa shape index (κ3) is 1.62. The van der Waals surface area contributed by atoms with Gasteiger partial charge < -0.3 is 10.1 Å². The van der Waals surface area contributed by atoms with E-state index in [4.69, 9.17) is 6.11 Å². The highest BCUT2D eigenvalue weighted by atomic mass is 16.5. The van der Waals surface area contributed by atoms with E-state index in [-0.39, 0.29) is 6.10 Å². The minimum absolute atomic E-state index is 0.0130. The predicted molar refractivity (Wildman–Crippen MR) is 45.8 cm³/mol. The van der Waals surface area contributed by atoms with Crippen molar-refractivity contribution in [1.82, 2.24) is 10.3 Å².